The molecule has 2 aromatic carbocycles. The molecule has 0 unspecified atom stereocenters. The van der Waals surface area contributed by atoms with Crippen LogP contribution in [0.15, 0.2) is 30.3 Å². The maximum atomic E-state index is 14.0. The number of hydrogen-bond donors (Lipinski definition) is 0. The lowest BCUT2D eigenvalue weighted by Gasteiger charge is -2.39. The van der Waals surface area contributed by atoms with Gasteiger partial charge in [0.2, 0.25) is 0 Å². The van der Waals surface area contributed by atoms with Crippen LogP contribution in [-0.2, 0) is 10.9 Å². The van der Waals surface area contributed by atoms with Gasteiger partial charge in [-0.05, 0) is 74.6 Å². The average Bonchev–Trinajstić information content (AvgIpc) is 2.96. The van der Waals surface area contributed by atoms with Crippen molar-refractivity contribution in [2.24, 2.45) is 0 Å². The Morgan fingerprint density at radius 1 is 1.11 bits per heavy atom. The number of piperidine rings is 1. The number of methoxy groups -OCH3 is 1. The Morgan fingerprint density at radius 2 is 1.89 bits per heavy atom. The zero-order chi connectivity index (χ0) is 25.8. The third kappa shape index (κ3) is 4.44. The third-order valence-corrected chi connectivity index (χ3v) is 7.06. The molecule has 1 amide bonds. The van der Waals surface area contributed by atoms with Crippen LogP contribution in [-0.4, -0.2) is 56.0 Å². The highest BCUT2D eigenvalue weighted by molar-refractivity contribution is 5.80. The van der Waals surface area contributed by atoms with Crippen LogP contribution in [0.3, 0.4) is 0 Å². The third-order valence-electron chi connectivity index (χ3n) is 7.06. The van der Waals surface area contributed by atoms with Crippen molar-refractivity contribution in [2.75, 3.05) is 38.3 Å². The van der Waals surface area contributed by atoms with Crippen molar-refractivity contribution < 1.29 is 32.2 Å². The summed E-state index contributed by atoms with van der Waals surface area (Å²) in [4.78, 5) is 16.9. The van der Waals surface area contributed by atoms with Crippen LogP contribution in [0.5, 0.6) is 11.5 Å². The van der Waals surface area contributed by atoms with Gasteiger partial charge in [0.15, 0.2) is 0 Å². The smallest absolute Gasteiger partial charge is 0.417 e. The van der Waals surface area contributed by atoms with E-state index in [0.29, 0.717) is 31.0 Å². The first-order valence-electron chi connectivity index (χ1n) is 12.3. The molecule has 1 fully saturated rings. The van der Waals surface area contributed by atoms with Crippen molar-refractivity contribution >= 4 is 11.8 Å². The van der Waals surface area contributed by atoms with Crippen molar-refractivity contribution in [3.8, 4) is 22.6 Å². The summed E-state index contributed by atoms with van der Waals surface area (Å²) in [6.45, 7) is 7.82. The second kappa shape index (κ2) is 8.78. The van der Waals surface area contributed by atoms with Crippen LogP contribution >= 0.6 is 0 Å². The summed E-state index contributed by atoms with van der Waals surface area (Å²) in [5.41, 5.74) is 1.02. The van der Waals surface area contributed by atoms with E-state index in [9.17, 15) is 18.0 Å². The molecule has 3 heterocycles. The normalized spacial score (nSPS) is 21.3. The standard InChI is InChI=1S/C27H31F3N2O4/c1-26(2,3)36-25(33)31-10-8-22-20(15-31)19-12-16(13-23-24(19)32(22)9-5-11-35-23)18-7-6-17(34-4)14-21(18)27(28,29)30/h6-7,12-14,20,22H,5,8-11,15H2,1-4H3/t20-,22-/m0/s1. The summed E-state index contributed by atoms with van der Waals surface area (Å²) in [6, 6.07) is 7.74. The maximum Gasteiger partial charge on any atom is 0.417 e. The van der Waals surface area contributed by atoms with E-state index in [2.05, 4.69) is 4.90 Å². The van der Waals surface area contributed by atoms with E-state index < -0.39 is 17.3 Å². The molecule has 2 atom stereocenters. The van der Waals surface area contributed by atoms with E-state index >= 15 is 0 Å². The largest absolute Gasteiger partial charge is 0.497 e. The maximum absolute atomic E-state index is 14.0. The summed E-state index contributed by atoms with van der Waals surface area (Å²) < 4.78 is 58.8. The first-order chi connectivity index (χ1) is 17.0. The summed E-state index contributed by atoms with van der Waals surface area (Å²) in [5.74, 6) is 0.699. The number of halogens is 3. The molecule has 0 N–H and O–H groups in total. The van der Waals surface area contributed by atoms with Crippen molar-refractivity contribution in [3.05, 3.63) is 41.5 Å². The fraction of sp³-hybridized carbons (Fsp3) is 0.519. The van der Waals surface area contributed by atoms with Gasteiger partial charge in [-0.1, -0.05) is 6.07 Å². The Balaban J connectivity index is 1.59. The lowest BCUT2D eigenvalue weighted by molar-refractivity contribution is -0.137. The van der Waals surface area contributed by atoms with E-state index in [1.165, 1.54) is 19.2 Å². The van der Waals surface area contributed by atoms with Crippen LogP contribution in [0.25, 0.3) is 11.1 Å². The number of likely N-dealkylation sites (tertiary alicyclic amines) is 1. The summed E-state index contributed by atoms with van der Waals surface area (Å²) in [5, 5.41) is 0. The molecule has 0 radical (unpaired) electrons. The number of fused-ring (bicyclic) bond motifs is 3. The highest BCUT2D eigenvalue weighted by atomic mass is 19.4. The number of nitrogens with zero attached hydrogens (tertiary/aromatic N) is 2. The lowest BCUT2D eigenvalue weighted by atomic mass is 9.87. The molecule has 0 aliphatic carbocycles. The lowest BCUT2D eigenvalue weighted by Crippen LogP contribution is -2.49. The number of rotatable bonds is 2. The Bertz CT molecular complexity index is 1170. The number of carbonyl (C=O) groups is 1. The van der Waals surface area contributed by atoms with Crippen molar-refractivity contribution in [3.63, 3.8) is 0 Å². The molecule has 36 heavy (non-hydrogen) atoms. The van der Waals surface area contributed by atoms with Gasteiger partial charge < -0.3 is 24.0 Å². The Hall–Kier alpha value is -3.10. The first-order valence-corrected chi connectivity index (χ1v) is 12.3. The minimum absolute atomic E-state index is 0.0470. The number of ether oxygens (including phenoxy) is 3. The van der Waals surface area contributed by atoms with Crippen molar-refractivity contribution in [1.82, 2.24) is 4.90 Å². The Labute approximate surface area is 208 Å². The first kappa shape index (κ1) is 24.6. The fourth-order valence-corrected chi connectivity index (χ4v) is 5.59. The zero-order valence-electron chi connectivity index (χ0n) is 20.9. The molecule has 3 aliphatic heterocycles. The highest BCUT2D eigenvalue weighted by Gasteiger charge is 2.46. The summed E-state index contributed by atoms with van der Waals surface area (Å²) in [7, 11) is 1.35. The van der Waals surface area contributed by atoms with Gasteiger partial charge in [-0.2, -0.15) is 13.2 Å². The van der Waals surface area contributed by atoms with Gasteiger partial charge in [0, 0.05) is 31.6 Å². The molecule has 194 valence electrons. The zero-order valence-corrected chi connectivity index (χ0v) is 20.9. The van der Waals surface area contributed by atoms with Gasteiger partial charge in [-0.3, -0.25) is 0 Å². The minimum Gasteiger partial charge on any atom is -0.497 e. The van der Waals surface area contributed by atoms with Crippen LogP contribution < -0.4 is 14.4 Å². The number of carbonyl (C=O) groups excluding carboxylic acids is 1. The second-order valence-corrected chi connectivity index (χ2v) is 10.6. The topological polar surface area (TPSA) is 51.2 Å². The van der Waals surface area contributed by atoms with E-state index in [4.69, 9.17) is 14.2 Å². The molecular weight excluding hydrogens is 473 g/mol. The number of alkyl halides is 3. The molecule has 0 saturated carbocycles. The highest BCUT2D eigenvalue weighted by Crippen LogP contribution is 2.52. The Morgan fingerprint density at radius 3 is 2.58 bits per heavy atom. The van der Waals surface area contributed by atoms with Crippen LogP contribution in [0, 0.1) is 0 Å². The number of benzene rings is 2. The average molecular weight is 505 g/mol. The van der Waals surface area contributed by atoms with Crippen molar-refractivity contribution in [1.29, 1.82) is 0 Å². The van der Waals surface area contributed by atoms with Gasteiger partial charge in [0.1, 0.15) is 17.1 Å². The van der Waals surface area contributed by atoms with Crippen LogP contribution in [0.4, 0.5) is 23.7 Å². The molecule has 2 aromatic rings. The van der Waals surface area contributed by atoms with Gasteiger partial charge in [-0.25, -0.2) is 4.79 Å². The van der Waals surface area contributed by atoms with Crippen LogP contribution in [0.1, 0.15) is 50.7 Å². The van der Waals surface area contributed by atoms with Gasteiger partial charge >= 0.3 is 12.3 Å². The molecule has 9 heteroatoms. The van der Waals surface area contributed by atoms with E-state index in [0.717, 1.165) is 36.7 Å². The monoisotopic (exact) mass is 504 g/mol. The van der Waals surface area contributed by atoms with Gasteiger partial charge in [0.25, 0.3) is 0 Å². The van der Waals surface area contributed by atoms with Crippen LogP contribution in [0.2, 0.25) is 0 Å². The van der Waals surface area contributed by atoms with Gasteiger partial charge in [0.05, 0.1) is 25.0 Å². The molecule has 0 aromatic heterocycles. The molecular formula is C27H31F3N2O4. The Kier molecular flexibility index (Phi) is 6.00. The molecule has 5 rings (SSSR count). The van der Waals surface area contributed by atoms with E-state index in [1.54, 1.807) is 11.0 Å². The molecule has 0 bridgehead atoms. The predicted octanol–water partition coefficient (Wildman–Crippen LogP) is 6.08. The SMILES string of the molecule is COc1ccc(-c2cc3c4c(c2)[C@@H]2CN(C(=O)OC(C)(C)C)CC[C@@H]2N4CCCO3)c(C(F)(F)F)c1. The predicted molar refractivity (Wildman–Crippen MR) is 130 cm³/mol. The fourth-order valence-electron chi connectivity index (χ4n) is 5.59. The number of hydrogen-bond acceptors (Lipinski definition) is 5. The molecule has 0 spiro atoms. The van der Waals surface area contributed by atoms with Gasteiger partial charge in [-0.15, -0.1) is 0 Å². The number of amides is 1. The summed E-state index contributed by atoms with van der Waals surface area (Å²) >= 11 is 0. The van der Waals surface area contributed by atoms with E-state index in [-0.39, 0.29) is 29.4 Å². The molecule has 1 saturated heterocycles. The van der Waals surface area contributed by atoms with Crippen molar-refractivity contribution in [2.45, 2.75) is 57.3 Å². The number of anilines is 1. The molecule has 6 nitrogen and oxygen atoms in total. The minimum atomic E-state index is -4.55. The quantitative estimate of drug-likeness (QED) is 0.497. The second-order valence-electron chi connectivity index (χ2n) is 10.6. The summed E-state index contributed by atoms with van der Waals surface area (Å²) in [6.07, 6.45) is -3.34. The molecule has 3 aliphatic rings. The van der Waals surface area contributed by atoms with E-state index in [1.807, 2.05) is 26.8 Å².